The van der Waals surface area contributed by atoms with Gasteiger partial charge < -0.3 is 15.0 Å². The first kappa shape index (κ1) is 20.5. The van der Waals surface area contributed by atoms with Crippen molar-refractivity contribution >= 4 is 23.4 Å². The molecule has 1 aliphatic rings. The number of anilines is 2. The maximum absolute atomic E-state index is 12.6. The number of methoxy groups -OCH3 is 1. The lowest BCUT2D eigenvalue weighted by molar-refractivity contribution is -0.112. The van der Waals surface area contributed by atoms with Gasteiger partial charge in [-0.05, 0) is 74.6 Å². The number of hydrogen-bond acceptors (Lipinski definition) is 4. The van der Waals surface area contributed by atoms with Crippen LogP contribution in [0.2, 0.25) is 0 Å². The summed E-state index contributed by atoms with van der Waals surface area (Å²) in [5.41, 5.74) is 4.64. The molecule has 150 valence electrons. The van der Waals surface area contributed by atoms with Crippen molar-refractivity contribution in [3.8, 4) is 11.8 Å². The smallest absolute Gasteiger partial charge is 0.266 e. The van der Waals surface area contributed by atoms with Gasteiger partial charge in [-0.15, -0.1) is 0 Å². The predicted octanol–water partition coefficient (Wildman–Crippen LogP) is 4.85. The standard InChI is InChI=1S/C24H27N3O2/c1-17-11-18(2)13-21(12-17)26-24(28)20(16-25)14-19-7-8-22(15-23(19)29-3)27-9-5-4-6-10-27/h7-8,11-15H,4-6,9-10H2,1-3H3,(H,26,28)/b20-14-. The first-order valence-corrected chi connectivity index (χ1v) is 9.94. The van der Waals surface area contributed by atoms with E-state index in [4.69, 9.17) is 4.74 Å². The Bertz CT molecular complexity index is 946. The van der Waals surface area contributed by atoms with Gasteiger partial charge in [-0.25, -0.2) is 0 Å². The van der Waals surface area contributed by atoms with Gasteiger partial charge in [0.25, 0.3) is 5.91 Å². The highest BCUT2D eigenvalue weighted by Crippen LogP contribution is 2.29. The summed E-state index contributed by atoms with van der Waals surface area (Å²) in [4.78, 5) is 15.0. The number of hydrogen-bond donors (Lipinski definition) is 1. The zero-order chi connectivity index (χ0) is 20.8. The van der Waals surface area contributed by atoms with E-state index >= 15 is 0 Å². The molecule has 1 saturated heterocycles. The number of carbonyl (C=O) groups excluding carboxylic acids is 1. The minimum Gasteiger partial charge on any atom is -0.496 e. The number of amides is 1. The van der Waals surface area contributed by atoms with Gasteiger partial charge in [0, 0.05) is 36.1 Å². The average Bonchev–Trinajstić information content (AvgIpc) is 2.71. The van der Waals surface area contributed by atoms with E-state index in [0.29, 0.717) is 17.0 Å². The topological polar surface area (TPSA) is 65.4 Å². The number of nitrogens with zero attached hydrogens (tertiary/aromatic N) is 2. The summed E-state index contributed by atoms with van der Waals surface area (Å²) in [5.74, 6) is 0.222. The monoisotopic (exact) mass is 389 g/mol. The highest BCUT2D eigenvalue weighted by molar-refractivity contribution is 6.09. The van der Waals surface area contributed by atoms with Crippen molar-refractivity contribution in [3.05, 3.63) is 58.7 Å². The molecule has 29 heavy (non-hydrogen) atoms. The van der Waals surface area contributed by atoms with Crippen LogP contribution in [0.15, 0.2) is 42.0 Å². The number of nitriles is 1. The zero-order valence-corrected chi connectivity index (χ0v) is 17.3. The van der Waals surface area contributed by atoms with E-state index in [1.807, 2.05) is 56.3 Å². The minimum absolute atomic E-state index is 0.0354. The molecule has 2 aromatic carbocycles. The first-order valence-electron chi connectivity index (χ1n) is 9.94. The zero-order valence-electron chi connectivity index (χ0n) is 17.3. The lowest BCUT2D eigenvalue weighted by Crippen LogP contribution is -2.29. The summed E-state index contributed by atoms with van der Waals surface area (Å²) in [6, 6.07) is 13.7. The fourth-order valence-corrected chi connectivity index (χ4v) is 3.72. The van der Waals surface area contributed by atoms with Crippen LogP contribution >= 0.6 is 0 Å². The van der Waals surface area contributed by atoms with E-state index in [1.54, 1.807) is 13.2 Å². The fraction of sp³-hybridized carbons (Fsp3) is 0.333. The van der Waals surface area contributed by atoms with Gasteiger partial charge in [-0.3, -0.25) is 4.79 Å². The van der Waals surface area contributed by atoms with Crippen LogP contribution in [0.5, 0.6) is 5.75 Å². The third-order valence-corrected chi connectivity index (χ3v) is 5.08. The van der Waals surface area contributed by atoms with Crippen LogP contribution in [-0.2, 0) is 4.79 Å². The van der Waals surface area contributed by atoms with E-state index in [9.17, 15) is 10.1 Å². The van der Waals surface area contributed by atoms with Crippen molar-refractivity contribution in [3.63, 3.8) is 0 Å². The molecule has 1 aliphatic heterocycles. The van der Waals surface area contributed by atoms with Crippen LogP contribution in [0.4, 0.5) is 11.4 Å². The highest BCUT2D eigenvalue weighted by Gasteiger charge is 2.15. The van der Waals surface area contributed by atoms with Crippen molar-refractivity contribution in [1.29, 1.82) is 5.26 Å². The molecule has 3 rings (SSSR count). The molecule has 1 heterocycles. The largest absolute Gasteiger partial charge is 0.496 e. The second-order valence-electron chi connectivity index (χ2n) is 7.47. The molecule has 0 atom stereocenters. The molecule has 5 heteroatoms. The van der Waals surface area contributed by atoms with E-state index in [2.05, 4.69) is 10.2 Å². The van der Waals surface area contributed by atoms with Gasteiger partial charge in [-0.1, -0.05) is 6.07 Å². The van der Waals surface area contributed by atoms with Crippen molar-refractivity contribution < 1.29 is 9.53 Å². The van der Waals surface area contributed by atoms with E-state index < -0.39 is 5.91 Å². The van der Waals surface area contributed by atoms with Crippen molar-refractivity contribution in [1.82, 2.24) is 0 Å². The molecule has 0 saturated carbocycles. The maximum Gasteiger partial charge on any atom is 0.266 e. The summed E-state index contributed by atoms with van der Waals surface area (Å²) in [7, 11) is 1.61. The van der Waals surface area contributed by atoms with Crippen LogP contribution in [0, 0.1) is 25.2 Å². The summed E-state index contributed by atoms with van der Waals surface area (Å²) < 4.78 is 5.54. The van der Waals surface area contributed by atoms with Crippen molar-refractivity contribution in [2.45, 2.75) is 33.1 Å². The molecule has 1 amide bonds. The maximum atomic E-state index is 12.6. The normalized spacial score (nSPS) is 14.3. The number of aryl methyl sites for hydroxylation is 2. The number of rotatable bonds is 5. The van der Waals surface area contributed by atoms with Crippen molar-refractivity contribution in [2.75, 3.05) is 30.4 Å². The van der Waals surface area contributed by atoms with Gasteiger partial charge >= 0.3 is 0 Å². The van der Waals surface area contributed by atoms with Gasteiger partial charge in [0.2, 0.25) is 0 Å². The second kappa shape index (κ2) is 9.29. The lowest BCUT2D eigenvalue weighted by atomic mass is 10.1. The first-order chi connectivity index (χ1) is 14.0. The SMILES string of the molecule is COc1cc(N2CCCCC2)ccc1/C=C(/C#N)C(=O)Nc1cc(C)cc(C)c1. The highest BCUT2D eigenvalue weighted by atomic mass is 16.5. The molecule has 0 spiro atoms. The fourth-order valence-electron chi connectivity index (χ4n) is 3.72. The van der Waals surface area contributed by atoms with E-state index in [-0.39, 0.29) is 5.57 Å². The summed E-state index contributed by atoms with van der Waals surface area (Å²) in [6.45, 7) is 6.02. The molecular formula is C24H27N3O2. The quantitative estimate of drug-likeness (QED) is 0.586. The van der Waals surface area contributed by atoms with Gasteiger partial charge in [0.15, 0.2) is 0 Å². The summed E-state index contributed by atoms with van der Waals surface area (Å²) in [6.07, 6.45) is 5.24. The van der Waals surface area contributed by atoms with E-state index in [0.717, 1.165) is 29.9 Å². The molecule has 0 aromatic heterocycles. The second-order valence-corrected chi connectivity index (χ2v) is 7.47. The molecule has 2 aromatic rings. The molecule has 1 fully saturated rings. The number of piperidine rings is 1. The van der Waals surface area contributed by atoms with Gasteiger partial charge in [0.1, 0.15) is 17.4 Å². The molecule has 0 radical (unpaired) electrons. The molecule has 0 unspecified atom stereocenters. The Morgan fingerprint density at radius 1 is 1.10 bits per heavy atom. The number of ether oxygens (including phenoxy) is 1. The molecule has 0 aliphatic carbocycles. The van der Waals surface area contributed by atoms with E-state index in [1.165, 1.54) is 19.3 Å². The van der Waals surface area contributed by atoms with Crippen LogP contribution in [0.25, 0.3) is 6.08 Å². The number of benzene rings is 2. The van der Waals surface area contributed by atoms with Crippen LogP contribution in [-0.4, -0.2) is 26.1 Å². The van der Waals surface area contributed by atoms with Gasteiger partial charge in [-0.2, -0.15) is 5.26 Å². The average molecular weight is 389 g/mol. The predicted molar refractivity (Wildman–Crippen MR) is 117 cm³/mol. The third-order valence-electron chi connectivity index (χ3n) is 5.08. The van der Waals surface area contributed by atoms with Crippen molar-refractivity contribution in [2.24, 2.45) is 0 Å². The Morgan fingerprint density at radius 3 is 2.41 bits per heavy atom. The number of carbonyl (C=O) groups is 1. The Hall–Kier alpha value is -3.26. The number of nitrogens with one attached hydrogen (secondary N) is 1. The lowest BCUT2D eigenvalue weighted by Gasteiger charge is -2.29. The molecule has 1 N–H and O–H groups in total. The van der Waals surface area contributed by atoms with Gasteiger partial charge in [0.05, 0.1) is 7.11 Å². The molecule has 5 nitrogen and oxygen atoms in total. The Kier molecular flexibility index (Phi) is 6.56. The Labute approximate surface area is 172 Å². The Balaban J connectivity index is 1.83. The summed E-state index contributed by atoms with van der Waals surface area (Å²) in [5, 5.41) is 12.4. The van der Waals surface area contributed by atoms with Crippen LogP contribution in [0.3, 0.4) is 0 Å². The Morgan fingerprint density at radius 2 is 1.79 bits per heavy atom. The summed E-state index contributed by atoms with van der Waals surface area (Å²) >= 11 is 0. The molecular weight excluding hydrogens is 362 g/mol. The third kappa shape index (κ3) is 5.17. The van der Waals surface area contributed by atoms with Crippen LogP contribution < -0.4 is 15.0 Å². The minimum atomic E-state index is -0.431. The molecule has 0 bridgehead atoms. The van der Waals surface area contributed by atoms with Crippen LogP contribution in [0.1, 0.15) is 36.0 Å².